The van der Waals surface area contributed by atoms with E-state index in [-0.39, 0.29) is 5.82 Å². The number of aryl methyl sites for hydroxylation is 1. The van der Waals surface area contributed by atoms with Gasteiger partial charge in [-0.2, -0.15) is 0 Å². The average Bonchev–Trinajstić information content (AvgIpc) is 3.21. The highest BCUT2D eigenvalue weighted by Crippen LogP contribution is 2.32. The Morgan fingerprint density at radius 2 is 1.76 bits per heavy atom. The number of hydrogen-bond donors (Lipinski definition) is 0. The lowest BCUT2D eigenvalue weighted by molar-refractivity contribution is 0.111. The lowest BCUT2D eigenvalue weighted by Gasteiger charge is -2.03. The number of benzene rings is 2. The van der Waals surface area contributed by atoms with Crippen LogP contribution in [0.4, 0.5) is 4.39 Å². The van der Waals surface area contributed by atoms with Crippen LogP contribution in [-0.2, 0) is 6.42 Å². The van der Waals surface area contributed by atoms with Gasteiger partial charge in [0.2, 0.25) is 0 Å². The maximum absolute atomic E-state index is 13.2. The molecule has 0 saturated heterocycles. The molecule has 0 aliphatic heterocycles. The second-order valence-electron chi connectivity index (χ2n) is 5.76. The van der Waals surface area contributed by atoms with E-state index < -0.39 is 0 Å². The van der Waals surface area contributed by atoms with E-state index in [1.54, 1.807) is 12.1 Å². The highest BCUT2D eigenvalue weighted by molar-refractivity contribution is 7.15. The Morgan fingerprint density at radius 3 is 2.40 bits per heavy atom. The standard InChI is InChI=1S/C20H15FN2OS/c1-2-13-3-5-15(6-4-13)19-17(11-24)23-18(12-25-20(23)22-19)14-7-9-16(21)10-8-14/h3-12H,2H2,1H3. The van der Waals surface area contributed by atoms with Crippen molar-refractivity contribution in [3.63, 3.8) is 0 Å². The molecule has 0 aliphatic carbocycles. The van der Waals surface area contributed by atoms with Crippen LogP contribution >= 0.6 is 11.3 Å². The molecule has 0 fully saturated rings. The smallest absolute Gasteiger partial charge is 0.195 e. The molecule has 25 heavy (non-hydrogen) atoms. The molecule has 2 aromatic carbocycles. The van der Waals surface area contributed by atoms with Gasteiger partial charge in [0.1, 0.15) is 17.2 Å². The molecule has 3 nitrogen and oxygen atoms in total. The summed E-state index contributed by atoms with van der Waals surface area (Å²) >= 11 is 1.46. The minimum atomic E-state index is -0.284. The van der Waals surface area contributed by atoms with Crippen molar-refractivity contribution in [2.45, 2.75) is 13.3 Å². The summed E-state index contributed by atoms with van der Waals surface area (Å²) in [7, 11) is 0. The molecule has 2 aromatic heterocycles. The first-order chi connectivity index (χ1) is 12.2. The summed E-state index contributed by atoms with van der Waals surface area (Å²) in [6.45, 7) is 2.10. The van der Waals surface area contributed by atoms with Crippen molar-refractivity contribution in [3.05, 3.63) is 71.0 Å². The van der Waals surface area contributed by atoms with E-state index in [1.165, 1.54) is 29.0 Å². The molecule has 4 rings (SSSR count). The van der Waals surface area contributed by atoms with E-state index in [0.29, 0.717) is 11.4 Å². The molecule has 0 saturated carbocycles. The van der Waals surface area contributed by atoms with E-state index in [1.807, 2.05) is 21.9 Å². The highest BCUT2D eigenvalue weighted by Gasteiger charge is 2.18. The number of nitrogens with zero attached hydrogens (tertiary/aromatic N) is 2. The lowest BCUT2D eigenvalue weighted by atomic mass is 10.1. The second-order valence-corrected chi connectivity index (χ2v) is 6.60. The number of imidazole rings is 1. The van der Waals surface area contributed by atoms with Gasteiger partial charge in [-0.05, 0) is 41.8 Å². The van der Waals surface area contributed by atoms with Crippen molar-refractivity contribution in [1.29, 1.82) is 0 Å². The lowest BCUT2D eigenvalue weighted by Crippen LogP contribution is -1.94. The van der Waals surface area contributed by atoms with Gasteiger partial charge >= 0.3 is 0 Å². The van der Waals surface area contributed by atoms with Crippen molar-refractivity contribution in [2.75, 3.05) is 0 Å². The second kappa shape index (κ2) is 6.26. The quantitative estimate of drug-likeness (QED) is 0.472. The molecule has 0 radical (unpaired) electrons. The van der Waals surface area contributed by atoms with Crippen LogP contribution in [0.1, 0.15) is 23.0 Å². The Labute approximate surface area is 148 Å². The normalized spacial score (nSPS) is 11.1. The molecule has 0 amide bonds. The van der Waals surface area contributed by atoms with Crippen molar-refractivity contribution in [2.24, 2.45) is 0 Å². The summed E-state index contributed by atoms with van der Waals surface area (Å²) in [4.78, 5) is 17.2. The molecule has 4 aromatic rings. The first-order valence-electron chi connectivity index (χ1n) is 8.01. The molecule has 124 valence electrons. The number of rotatable bonds is 4. The number of thiazole rings is 1. The Morgan fingerprint density at radius 1 is 1.08 bits per heavy atom. The number of hydrogen-bond acceptors (Lipinski definition) is 3. The van der Waals surface area contributed by atoms with Gasteiger partial charge in [0.25, 0.3) is 0 Å². The van der Waals surface area contributed by atoms with Crippen molar-refractivity contribution < 1.29 is 9.18 Å². The largest absolute Gasteiger partial charge is 0.296 e. The van der Waals surface area contributed by atoms with Crippen LogP contribution in [0.3, 0.4) is 0 Å². The SMILES string of the molecule is CCc1ccc(-c2nc3scc(-c4ccc(F)cc4)n3c2C=O)cc1. The molecule has 0 unspecified atom stereocenters. The van der Waals surface area contributed by atoms with Crippen LogP contribution in [0.25, 0.3) is 27.5 Å². The fourth-order valence-corrected chi connectivity index (χ4v) is 3.83. The van der Waals surface area contributed by atoms with E-state index in [4.69, 9.17) is 0 Å². The Hall–Kier alpha value is -2.79. The summed E-state index contributed by atoms with van der Waals surface area (Å²) in [5.41, 5.74) is 5.03. The molecular weight excluding hydrogens is 335 g/mol. The van der Waals surface area contributed by atoms with Gasteiger partial charge < -0.3 is 0 Å². The van der Waals surface area contributed by atoms with Gasteiger partial charge in [-0.3, -0.25) is 9.20 Å². The van der Waals surface area contributed by atoms with E-state index in [9.17, 15) is 9.18 Å². The van der Waals surface area contributed by atoms with Crippen LogP contribution in [0, 0.1) is 5.82 Å². The van der Waals surface area contributed by atoms with E-state index in [2.05, 4.69) is 24.0 Å². The number of carbonyl (C=O) groups is 1. The monoisotopic (exact) mass is 350 g/mol. The predicted octanol–water partition coefficient (Wildman–Crippen LogP) is 5.24. The Bertz CT molecular complexity index is 1050. The third kappa shape index (κ3) is 2.66. The number of halogens is 1. The van der Waals surface area contributed by atoms with Crippen molar-refractivity contribution >= 4 is 22.6 Å². The van der Waals surface area contributed by atoms with Crippen LogP contribution < -0.4 is 0 Å². The van der Waals surface area contributed by atoms with E-state index in [0.717, 1.165) is 34.5 Å². The number of carbonyl (C=O) groups excluding carboxylic acids is 1. The fourth-order valence-electron chi connectivity index (χ4n) is 2.92. The third-order valence-corrected chi connectivity index (χ3v) is 5.11. The summed E-state index contributed by atoms with van der Waals surface area (Å²) in [6.07, 6.45) is 1.80. The molecule has 0 aliphatic rings. The molecule has 0 bridgehead atoms. The number of aldehydes is 1. The van der Waals surface area contributed by atoms with Gasteiger partial charge in [0.15, 0.2) is 11.2 Å². The zero-order chi connectivity index (χ0) is 17.4. The first-order valence-corrected chi connectivity index (χ1v) is 8.89. The minimum Gasteiger partial charge on any atom is -0.296 e. The Kier molecular flexibility index (Phi) is 3.93. The first kappa shape index (κ1) is 15.7. The zero-order valence-electron chi connectivity index (χ0n) is 13.6. The zero-order valence-corrected chi connectivity index (χ0v) is 14.4. The van der Waals surface area contributed by atoms with Gasteiger partial charge in [0.05, 0.1) is 5.69 Å². The third-order valence-electron chi connectivity index (χ3n) is 4.29. The van der Waals surface area contributed by atoms with Crippen LogP contribution in [0.2, 0.25) is 0 Å². The fraction of sp³-hybridized carbons (Fsp3) is 0.100. The average molecular weight is 350 g/mol. The van der Waals surface area contributed by atoms with Crippen LogP contribution in [0.15, 0.2) is 53.9 Å². The van der Waals surface area contributed by atoms with Gasteiger partial charge in [-0.1, -0.05) is 31.2 Å². The van der Waals surface area contributed by atoms with Gasteiger partial charge in [-0.15, -0.1) is 11.3 Å². The topological polar surface area (TPSA) is 34.4 Å². The van der Waals surface area contributed by atoms with Gasteiger partial charge in [0, 0.05) is 10.9 Å². The summed E-state index contributed by atoms with van der Waals surface area (Å²) in [5, 5.41) is 1.94. The molecule has 0 atom stereocenters. The highest BCUT2D eigenvalue weighted by atomic mass is 32.1. The van der Waals surface area contributed by atoms with E-state index >= 15 is 0 Å². The molecule has 0 spiro atoms. The maximum Gasteiger partial charge on any atom is 0.195 e. The minimum absolute atomic E-state index is 0.284. The molecule has 2 heterocycles. The summed E-state index contributed by atoms with van der Waals surface area (Å²) in [5.74, 6) is -0.284. The van der Waals surface area contributed by atoms with Crippen molar-refractivity contribution in [1.82, 2.24) is 9.38 Å². The molecule has 0 N–H and O–H groups in total. The van der Waals surface area contributed by atoms with Gasteiger partial charge in [-0.25, -0.2) is 9.37 Å². The van der Waals surface area contributed by atoms with Crippen molar-refractivity contribution in [3.8, 4) is 22.5 Å². The maximum atomic E-state index is 13.2. The Balaban J connectivity index is 1.90. The van der Waals surface area contributed by atoms with Crippen LogP contribution in [-0.4, -0.2) is 15.7 Å². The molecule has 5 heteroatoms. The predicted molar refractivity (Wildman–Crippen MR) is 98.7 cm³/mol. The summed E-state index contributed by atoms with van der Waals surface area (Å²) in [6, 6.07) is 14.4. The molecular formula is C20H15FN2OS. The number of aromatic nitrogens is 2. The summed E-state index contributed by atoms with van der Waals surface area (Å²) < 4.78 is 15.0. The number of fused-ring (bicyclic) bond motifs is 1. The van der Waals surface area contributed by atoms with Crippen LogP contribution in [0.5, 0.6) is 0 Å².